The van der Waals surface area contributed by atoms with Gasteiger partial charge in [-0.2, -0.15) is 5.10 Å². The third-order valence-corrected chi connectivity index (χ3v) is 2.45. The maximum Gasteiger partial charge on any atom is 0.153 e. The molecule has 84 valence electrons. The number of pyridine rings is 2. The molecule has 0 amide bonds. The molecular formula is C12H11N5. The van der Waals surface area contributed by atoms with Crippen molar-refractivity contribution in [2.75, 3.05) is 5.32 Å². The van der Waals surface area contributed by atoms with Crippen molar-refractivity contribution < 1.29 is 0 Å². The van der Waals surface area contributed by atoms with Crippen molar-refractivity contribution >= 4 is 22.5 Å². The first-order valence-electron chi connectivity index (χ1n) is 5.31. The zero-order valence-corrected chi connectivity index (χ0v) is 9.31. The van der Waals surface area contributed by atoms with Crippen LogP contribution in [0.1, 0.15) is 5.69 Å². The van der Waals surface area contributed by atoms with Crippen LogP contribution < -0.4 is 5.32 Å². The lowest BCUT2D eigenvalue weighted by Crippen LogP contribution is -1.94. The van der Waals surface area contributed by atoms with Crippen molar-refractivity contribution in [1.29, 1.82) is 0 Å². The van der Waals surface area contributed by atoms with Crippen LogP contribution >= 0.6 is 0 Å². The number of fused-ring (bicyclic) bond motifs is 1. The van der Waals surface area contributed by atoms with E-state index in [4.69, 9.17) is 0 Å². The summed E-state index contributed by atoms with van der Waals surface area (Å²) in [5.74, 6) is 1.49. The molecule has 0 aliphatic carbocycles. The van der Waals surface area contributed by atoms with Gasteiger partial charge in [0.1, 0.15) is 5.82 Å². The van der Waals surface area contributed by atoms with E-state index in [1.807, 2.05) is 31.2 Å². The van der Waals surface area contributed by atoms with Gasteiger partial charge in [-0.3, -0.25) is 10.1 Å². The second kappa shape index (κ2) is 3.86. The summed E-state index contributed by atoms with van der Waals surface area (Å²) in [4.78, 5) is 8.59. The highest BCUT2D eigenvalue weighted by Gasteiger charge is 2.01. The number of aromatic amines is 1. The highest BCUT2D eigenvalue weighted by Crippen LogP contribution is 2.17. The van der Waals surface area contributed by atoms with E-state index in [9.17, 15) is 0 Å². The Hall–Kier alpha value is -2.43. The van der Waals surface area contributed by atoms with Crippen molar-refractivity contribution in [3.8, 4) is 0 Å². The normalized spacial score (nSPS) is 10.6. The second-order valence-corrected chi connectivity index (χ2v) is 3.83. The number of hydrogen-bond acceptors (Lipinski definition) is 4. The Balaban J connectivity index is 1.95. The average molecular weight is 225 g/mol. The molecule has 0 saturated heterocycles. The van der Waals surface area contributed by atoms with Crippen molar-refractivity contribution in [3.05, 3.63) is 42.4 Å². The molecule has 0 aromatic carbocycles. The van der Waals surface area contributed by atoms with Crippen LogP contribution in [0.15, 0.2) is 36.7 Å². The summed E-state index contributed by atoms with van der Waals surface area (Å²) in [5.41, 5.74) is 1.92. The molecule has 5 nitrogen and oxygen atoms in total. The average Bonchev–Trinajstić information content (AvgIpc) is 2.75. The largest absolute Gasteiger partial charge is 0.323 e. The lowest BCUT2D eigenvalue weighted by Gasteiger charge is -2.02. The minimum Gasteiger partial charge on any atom is -0.323 e. The Morgan fingerprint density at radius 3 is 2.94 bits per heavy atom. The lowest BCUT2D eigenvalue weighted by molar-refractivity contribution is 1.05. The molecule has 5 heteroatoms. The van der Waals surface area contributed by atoms with E-state index in [2.05, 4.69) is 25.5 Å². The third kappa shape index (κ3) is 1.94. The van der Waals surface area contributed by atoms with Gasteiger partial charge in [0, 0.05) is 35.6 Å². The van der Waals surface area contributed by atoms with Crippen LogP contribution in [0.5, 0.6) is 0 Å². The van der Waals surface area contributed by atoms with E-state index in [0.29, 0.717) is 0 Å². The van der Waals surface area contributed by atoms with Crippen LogP contribution in [0.4, 0.5) is 11.6 Å². The topological polar surface area (TPSA) is 66.5 Å². The summed E-state index contributed by atoms with van der Waals surface area (Å²) >= 11 is 0. The quantitative estimate of drug-likeness (QED) is 0.702. The Morgan fingerprint density at radius 2 is 2.12 bits per heavy atom. The van der Waals surface area contributed by atoms with E-state index >= 15 is 0 Å². The van der Waals surface area contributed by atoms with Crippen molar-refractivity contribution in [2.24, 2.45) is 0 Å². The molecule has 0 bridgehead atoms. The second-order valence-electron chi connectivity index (χ2n) is 3.83. The summed E-state index contributed by atoms with van der Waals surface area (Å²) in [6, 6.07) is 7.70. The number of H-pyrrole nitrogens is 1. The summed E-state index contributed by atoms with van der Waals surface area (Å²) in [6.45, 7) is 1.95. The molecule has 0 unspecified atom stereocenters. The first-order chi connectivity index (χ1) is 8.31. The van der Waals surface area contributed by atoms with Gasteiger partial charge >= 0.3 is 0 Å². The minimum atomic E-state index is 0.739. The predicted octanol–water partition coefficient (Wildman–Crippen LogP) is 2.40. The van der Waals surface area contributed by atoms with Crippen LogP contribution in [0.3, 0.4) is 0 Å². The van der Waals surface area contributed by atoms with Crippen molar-refractivity contribution in [2.45, 2.75) is 6.92 Å². The monoisotopic (exact) mass is 225 g/mol. The molecule has 3 aromatic heterocycles. The van der Waals surface area contributed by atoms with Crippen LogP contribution in [-0.2, 0) is 0 Å². The number of aryl methyl sites for hydroxylation is 1. The van der Waals surface area contributed by atoms with E-state index < -0.39 is 0 Å². The first kappa shape index (κ1) is 9.77. The van der Waals surface area contributed by atoms with Crippen LogP contribution in [-0.4, -0.2) is 20.2 Å². The fourth-order valence-electron chi connectivity index (χ4n) is 1.65. The van der Waals surface area contributed by atoms with Gasteiger partial charge in [-0.1, -0.05) is 0 Å². The molecular weight excluding hydrogens is 214 g/mol. The Labute approximate surface area is 97.9 Å². The van der Waals surface area contributed by atoms with Gasteiger partial charge in [0.15, 0.2) is 5.82 Å². The SMILES string of the molecule is Cc1cc(Nc2cc3ncccc3cn2)n[nH]1. The van der Waals surface area contributed by atoms with Crippen molar-refractivity contribution in [3.63, 3.8) is 0 Å². The highest BCUT2D eigenvalue weighted by molar-refractivity contribution is 5.80. The van der Waals surface area contributed by atoms with E-state index in [1.54, 1.807) is 12.4 Å². The maximum atomic E-state index is 4.31. The third-order valence-electron chi connectivity index (χ3n) is 2.45. The molecule has 0 atom stereocenters. The van der Waals surface area contributed by atoms with Gasteiger partial charge in [-0.15, -0.1) is 0 Å². The van der Waals surface area contributed by atoms with Gasteiger partial charge < -0.3 is 5.32 Å². The van der Waals surface area contributed by atoms with Crippen molar-refractivity contribution in [1.82, 2.24) is 20.2 Å². The number of hydrogen-bond donors (Lipinski definition) is 2. The zero-order chi connectivity index (χ0) is 11.7. The number of anilines is 2. The minimum absolute atomic E-state index is 0.739. The van der Waals surface area contributed by atoms with E-state index in [0.717, 1.165) is 28.2 Å². The number of nitrogens with zero attached hydrogens (tertiary/aromatic N) is 3. The van der Waals surface area contributed by atoms with Gasteiger partial charge in [0.05, 0.1) is 5.52 Å². The summed E-state index contributed by atoms with van der Waals surface area (Å²) in [5, 5.41) is 11.1. The summed E-state index contributed by atoms with van der Waals surface area (Å²) < 4.78 is 0. The standard InChI is InChI=1S/C12H11N5/c1-8-5-12(17-16-8)15-11-6-10-9(7-14-11)3-2-4-13-10/h2-7H,1H3,(H2,14,15,16,17). The molecule has 17 heavy (non-hydrogen) atoms. The molecule has 0 aliphatic heterocycles. The number of rotatable bonds is 2. The summed E-state index contributed by atoms with van der Waals surface area (Å²) in [6.07, 6.45) is 3.56. The fourth-order valence-corrected chi connectivity index (χ4v) is 1.65. The molecule has 3 heterocycles. The first-order valence-corrected chi connectivity index (χ1v) is 5.31. The maximum absolute atomic E-state index is 4.31. The molecule has 3 rings (SSSR count). The fraction of sp³-hybridized carbons (Fsp3) is 0.0833. The molecule has 0 saturated carbocycles. The van der Waals surface area contributed by atoms with Gasteiger partial charge in [-0.05, 0) is 19.1 Å². The summed E-state index contributed by atoms with van der Waals surface area (Å²) in [7, 11) is 0. The molecule has 2 N–H and O–H groups in total. The molecule has 0 fully saturated rings. The highest BCUT2D eigenvalue weighted by atomic mass is 15.2. The Kier molecular flexibility index (Phi) is 2.22. The Bertz CT molecular complexity index is 659. The van der Waals surface area contributed by atoms with Crippen LogP contribution in [0.25, 0.3) is 10.9 Å². The van der Waals surface area contributed by atoms with E-state index in [1.165, 1.54) is 0 Å². The van der Waals surface area contributed by atoms with Crippen LogP contribution in [0, 0.1) is 6.92 Å². The van der Waals surface area contributed by atoms with Crippen LogP contribution in [0.2, 0.25) is 0 Å². The molecule has 3 aromatic rings. The smallest absolute Gasteiger partial charge is 0.153 e. The molecule has 0 aliphatic rings. The van der Waals surface area contributed by atoms with Gasteiger partial charge in [-0.25, -0.2) is 4.98 Å². The van der Waals surface area contributed by atoms with E-state index in [-0.39, 0.29) is 0 Å². The van der Waals surface area contributed by atoms with Gasteiger partial charge in [0.25, 0.3) is 0 Å². The number of nitrogens with one attached hydrogen (secondary N) is 2. The predicted molar refractivity (Wildman–Crippen MR) is 66.1 cm³/mol. The Morgan fingerprint density at radius 1 is 1.18 bits per heavy atom. The van der Waals surface area contributed by atoms with Gasteiger partial charge in [0.2, 0.25) is 0 Å². The number of aromatic nitrogens is 4. The molecule has 0 radical (unpaired) electrons. The molecule has 0 spiro atoms. The lowest BCUT2D eigenvalue weighted by atomic mass is 10.3. The zero-order valence-electron chi connectivity index (χ0n) is 9.31.